The van der Waals surface area contributed by atoms with E-state index in [1.54, 1.807) is 12.1 Å². The van der Waals surface area contributed by atoms with Crippen LogP contribution in [0.1, 0.15) is 19.8 Å². The molecule has 5 nitrogen and oxygen atoms in total. The molecule has 0 amide bonds. The lowest BCUT2D eigenvalue weighted by molar-refractivity contribution is 0.347. The van der Waals surface area contributed by atoms with Crippen molar-refractivity contribution in [2.24, 2.45) is 11.1 Å². The van der Waals surface area contributed by atoms with E-state index in [0.717, 1.165) is 25.9 Å². The van der Waals surface area contributed by atoms with E-state index in [2.05, 4.69) is 17.6 Å². The number of hydrogen-bond acceptors (Lipinski definition) is 4. The van der Waals surface area contributed by atoms with E-state index in [-0.39, 0.29) is 10.9 Å². The third kappa shape index (κ3) is 3.68. The quantitative estimate of drug-likeness (QED) is 0.773. The number of primary sulfonamides is 1. The first-order valence-corrected chi connectivity index (χ1v) is 8.12. The van der Waals surface area contributed by atoms with E-state index in [1.807, 2.05) is 6.07 Å². The maximum absolute atomic E-state index is 11.5. The molecule has 0 spiro atoms. The monoisotopic (exact) mass is 283 g/mol. The van der Waals surface area contributed by atoms with Gasteiger partial charge in [-0.2, -0.15) is 0 Å². The SMILES string of the molecule is CC(Nc1ccccc1S(N)(=O)=O)C1CCCNC1. The Labute approximate surface area is 114 Å². The Morgan fingerprint density at radius 1 is 1.42 bits per heavy atom. The summed E-state index contributed by atoms with van der Waals surface area (Å²) in [5.74, 6) is 0.502. The van der Waals surface area contributed by atoms with Crippen molar-refractivity contribution in [3.63, 3.8) is 0 Å². The van der Waals surface area contributed by atoms with Crippen molar-refractivity contribution in [3.8, 4) is 0 Å². The topological polar surface area (TPSA) is 84.2 Å². The Hall–Kier alpha value is -1.11. The van der Waals surface area contributed by atoms with E-state index in [0.29, 0.717) is 11.6 Å². The third-order valence-corrected chi connectivity index (χ3v) is 4.59. The van der Waals surface area contributed by atoms with Gasteiger partial charge in [-0.3, -0.25) is 0 Å². The number of benzene rings is 1. The molecule has 1 aromatic rings. The number of nitrogens with two attached hydrogens (primary N) is 1. The molecule has 0 bridgehead atoms. The maximum Gasteiger partial charge on any atom is 0.240 e. The zero-order valence-electron chi connectivity index (χ0n) is 11.1. The predicted molar refractivity (Wildman–Crippen MR) is 76.5 cm³/mol. The standard InChI is InChI=1S/C13H21N3O2S/c1-10(11-5-4-8-15-9-11)16-12-6-2-3-7-13(12)19(14,17)18/h2-3,6-7,10-11,15-16H,4-5,8-9H2,1H3,(H2,14,17,18). The van der Waals surface area contributed by atoms with Gasteiger partial charge in [0.05, 0.1) is 5.69 Å². The number of nitrogens with one attached hydrogen (secondary N) is 2. The Morgan fingerprint density at radius 2 is 2.16 bits per heavy atom. The lowest BCUT2D eigenvalue weighted by atomic mass is 9.92. The minimum Gasteiger partial charge on any atom is -0.381 e. The number of anilines is 1. The van der Waals surface area contributed by atoms with Gasteiger partial charge in [-0.1, -0.05) is 12.1 Å². The van der Waals surface area contributed by atoms with Crippen LogP contribution < -0.4 is 15.8 Å². The predicted octanol–water partition coefficient (Wildman–Crippen LogP) is 1.13. The highest BCUT2D eigenvalue weighted by Crippen LogP contribution is 2.23. The van der Waals surface area contributed by atoms with E-state index in [4.69, 9.17) is 5.14 Å². The van der Waals surface area contributed by atoms with Crippen molar-refractivity contribution >= 4 is 15.7 Å². The van der Waals surface area contributed by atoms with Crippen LogP contribution in [-0.4, -0.2) is 27.5 Å². The summed E-state index contributed by atoms with van der Waals surface area (Å²) in [5.41, 5.74) is 0.586. The summed E-state index contributed by atoms with van der Waals surface area (Å²) in [5, 5.41) is 11.9. The highest BCUT2D eigenvalue weighted by atomic mass is 32.2. The molecule has 0 aliphatic carbocycles. The van der Waals surface area contributed by atoms with Gasteiger partial charge in [0.2, 0.25) is 10.0 Å². The van der Waals surface area contributed by atoms with Gasteiger partial charge in [0.1, 0.15) is 4.90 Å². The molecule has 0 radical (unpaired) electrons. The van der Waals surface area contributed by atoms with Crippen LogP contribution in [0.15, 0.2) is 29.2 Å². The van der Waals surface area contributed by atoms with Gasteiger partial charge < -0.3 is 10.6 Å². The lowest BCUT2D eigenvalue weighted by Crippen LogP contribution is -2.39. The van der Waals surface area contributed by atoms with Crippen molar-refractivity contribution in [1.29, 1.82) is 0 Å². The van der Waals surface area contributed by atoms with Crippen LogP contribution in [0.25, 0.3) is 0 Å². The molecule has 4 N–H and O–H groups in total. The molecule has 6 heteroatoms. The third-order valence-electron chi connectivity index (χ3n) is 3.62. The first-order valence-electron chi connectivity index (χ1n) is 6.57. The fourth-order valence-electron chi connectivity index (χ4n) is 2.50. The molecule has 1 aliphatic heterocycles. The van der Waals surface area contributed by atoms with Crippen molar-refractivity contribution in [1.82, 2.24) is 5.32 Å². The van der Waals surface area contributed by atoms with Gasteiger partial charge in [-0.25, -0.2) is 13.6 Å². The summed E-state index contributed by atoms with van der Waals surface area (Å²) in [7, 11) is -3.69. The second-order valence-corrected chi connectivity index (χ2v) is 6.61. The van der Waals surface area contributed by atoms with Crippen LogP contribution in [0.3, 0.4) is 0 Å². The fraction of sp³-hybridized carbons (Fsp3) is 0.538. The van der Waals surface area contributed by atoms with E-state index in [1.165, 1.54) is 6.07 Å². The second kappa shape index (κ2) is 5.90. The zero-order chi connectivity index (χ0) is 13.9. The van der Waals surface area contributed by atoms with Crippen LogP contribution in [-0.2, 0) is 10.0 Å². The number of sulfonamides is 1. The molecule has 2 rings (SSSR count). The molecule has 1 fully saturated rings. The minimum absolute atomic E-state index is 0.158. The Bertz CT molecular complexity index is 524. The average molecular weight is 283 g/mol. The van der Waals surface area contributed by atoms with E-state index < -0.39 is 10.0 Å². The summed E-state index contributed by atoms with van der Waals surface area (Å²) < 4.78 is 23.1. The van der Waals surface area contributed by atoms with Crippen LogP contribution in [0.5, 0.6) is 0 Å². The molecule has 2 atom stereocenters. The van der Waals surface area contributed by atoms with Crippen LogP contribution in [0, 0.1) is 5.92 Å². The smallest absolute Gasteiger partial charge is 0.240 e. The Balaban J connectivity index is 2.14. The summed E-state index contributed by atoms with van der Waals surface area (Å²) in [6.07, 6.45) is 2.31. The van der Waals surface area contributed by atoms with Crippen LogP contribution in [0.4, 0.5) is 5.69 Å². The Kier molecular flexibility index (Phi) is 4.44. The molecule has 19 heavy (non-hydrogen) atoms. The first kappa shape index (κ1) is 14.3. The molecule has 1 heterocycles. The normalized spacial score (nSPS) is 21.9. The highest BCUT2D eigenvalue weighted by molar-refractivity contribution is 7.89. The van der Waals surface area contributed by atoms with Gasteiger partial charge in [0.15, 0.2) is 0 Å². The second-order valence-electron chi connectivity index (χ2n) is 5.08. The van der Waals surface area contributed by atoms with Gasteiger partial charge in [0, 0.05) is 6.04 Å². The maximum atomic E-state index is 11.5. The van der Waals surface area contributed by atoms with E-state index in [9.17, 15) is 8.42 Å². The average Bonchev–Trinajstić information content (AvgIpc) is 2.39. The molecule has 2 unspecified atom stereocenters. The molecule has 0 aromatic heterocycles. The molecule has 106 valence electrons. The van der Waals surface area contributed by atoms with Crippen molar-refractivity contribution in [2.75, 3.05) is 18.4 Å². The van der Waals surface area contributed by atoms with E-state index >= 15 is 0 Å². The molecule has 1 aliphatic rings. The first-order chi connectivity index (χ1) is 8.98. The van der Waals surface area contributed by atoms with Crippen molar-refractivity contribution < 1.29 is 8.42 Å². The Morgan fingerprint density at radius 3 is 2.79 bits per heavy atom. The largest absolute Gasteiger partial charge is 0.381 e. The molecular formula is C13H21N3O2S. The van der Waals surface area contributed by atoms with Gasteiger partial charge in [0.25, 0.3) is 0 Å². The molecule has 1 aromatic carbocycles. The molecule has 1 saturated heterocycles. The van der Waals surface area contributed by atoms with Crippen LogP contribution >= 0.6 is 0 Å². The number of hydrogen-bond donors (Lipinski definition) is 3. The number of piperidine rings is 1. The van der Waals surface area contributed by atoms with Crippen molar-refractivity contribution in [3.05, 3.63) is 24.3 Å². The fourth-order valence-corrected chi connectivity index (χ4v) is 3.20. The van der Waals surface area contributed by atoms with Gasteiger partial charge >= 0.3 is 0 Å². The molecular weight excluding hydrogens is 262 g/mol. The van der Waals surface area contributed by atoms with Crippen LogP contribution in [0.2, 0.25) is 0 Å². The van der Waals surface area contributed by atoms with Crippen molar-refractivity contribution in [2.45, 2.75) is 30.7 Å². The number of rotatable bonds is 4. The summed E-state index contributed by atoms with van der Waals surface area (Å²) in [4.78, 5) is 0.158. The highest BCUT2D eigenvalue weighted by Gasteiger charge is 2.21. The summed E-state index contributed by atoms with van der Waals surface area (Å²) >= 11 is 0. The van der Waals surface area contributed by atoms with Gasteiger partial charge in [-0.15, -0.1) is 0 Å². The summed E-state index contributed by atoms with van der Waals surface area (Å²) in [6, 6.07) is 6.98. The molecule has 0 saturated carbocycles. The minimum atomic E-state index is -3.69. The zero-order valence-corrected chi connectivity index (χ0v) is 11.9. The number of para-hydroxylation sites is 1. The summed E-state index contributed by atoms with van der Waals surface area (Å²) in [6.45, 7) is 4.11. The lowest BCUT2D eigenvalue weighted by Gasteiger charge is -2.30. The van der Waals surface area contributed by atoms with Gasteiger partial charge in [-0.05, 0) is 50.9 Å².